The van der Waals surface area contributed by atoms with Crippen LogP contribution in [0.1, 0.15) is 21.5 Å². The van der Waals surface area contributed by atoms with E-state index in [1.54, 1.807) is 18.0 Å². The summed E-state index contributed by atoms with van der Waals surface area (Å²) < 4.78 is 14.8. The standard InChI is InChI=1S/C16H12Br2FNO/c1-20-13-6-5-9(7-10(13)8-14(20)21)16(18)15-11(17)3-2-4-12(15)19/h2-7,16H,8H2,1H3. The van der Waals surface area contributed by atoms with Crippen LogP contribution in [0, 0.1) is 5.82 Å². The Kier molecular flexibility index (Phi) is 3.88. The highest BCUT2D eigenvalue weighted by molar-refractivity contribution is 9.11. The number of rotatable bonds is 2. The van der Waals surface area contributed by atoms with Crippen LogP contribution in [-0.2, 0) is 11.2 Å². The second-order valence-electron chi connectivity index (χ2n) is 5.02. The first-order chi connectivity index (χ1) is 9.99. The largest absolute Gasteiger partial charge is 0.315 e. The molecule has 3 rings (SSSR count). The van der Waals surface area contributed by atoms with Crippen LogP contribution < -0.4 is 4.90 Å². The van der Waals surface area contributed by atoms with E-state index in [0.717, 1.165) is 21.3 Å². The van der Waals surface area contributed by atoms with Crippen molar-refractivity contribution in [3.8, 4) is 0 Å². The van der Waals surface area contributed by atoms with Crippen LogP contribution in [0.15, 0.2) is 40.9 Å². The summed E-state index contributed by atoms with van der Waals surface area (Å²) in [6.07, 6.45) is 0.401. The van der Waals surface area contributed by atoms with E-state index in [1.165, 1.54) is 6.07 Å². The molecule has 0 aliphatic carbocycles. The van der Waals surface area contributed by atoms with Crippen molar-refractivity contribution < 1.29 is 9.18 Å². The number of benzene rings is 2. The van der Waals surface area contributed by atoms with Crippen molar-refractivity contribution in [1.29, 1.82) is 0 Å². The van der Waals surface area contributed by atoms with E-state index in [9.17, 15) is 9.18 Å². The third kappa shape index (κ3) is 2.53. The van der Waals surface area contributed by atoms with Gasteiger partial charge in [-0.05, 0) is 29.3 Å². The second-order valence-corrected chi connectivity index (χ2v) is 6.79. The SMILES string of the molecule is CN1C(=O)Cc2cc(C(Br)c3c(F)cccc3Br)ccc21. The molecule has 1 unspecified atom stereocenters. The van der Waals surface area contributed by atoms with Crippen LogP contribution in [0.3, 0.4) is 0 Å². The Hall–Kier alpha value is -1.20. The fraction of sp³-hybridized carbons (Fsp3) is 0.188. The molecule has 1 aliphatic rings. The average Bonchev–Trinajstić information content (AvgIpc) is 2.73. The molecule has 2 aromatic rings. The Morgan fingerprint density at radius 1 is 1.29 bits per heavy atom. The molecule has 0 saturated carbocycles. The molecule has 1 amide bonds. The first-order valence-electron chi connectivity index (χ1n) is 6.46. The summed E-state index contributed by atoms with van der Waals surface area (Å²) in [5.74, 6) is -0.180. The van der Waals surface area contributed by atoms with Gasteiger partial charge in [-0.2, -0.15) is 0 Å². The number of carbonyl (C=O) groups is 1. The highest BCUT2D eigenvalue weighted by Crippen LogP contribution is 2.39. The zero-order chi connectivity index (χ0) is 15.1. The predicted octanol–water partition coefficient (Wildman–Crippen LogP) is 4.59. The van der Waals surface area contributed by atoms with Gasteiger partial charge in [0.05, 0.1) is 11.2 Å². The Bertz CT molecular complexity index is 712. The number of carbonyl (C=O) groups excluding carboxylic acids is 1. The monoisotopic (exact) mass is 411 g/mol. The average molecular weight is 413 g/mol. The summed E-state index contributed by atoms with van der Waals surface area (Å²) in [5.41, 5.74) is 3.41. The number of hydrogen-bond donors (Lipinski definition) is 0. The van der Waals surface area contributed by atoms with Crippen LogP contribution in [-0.4, -0.2) is 13.0 Å². The van der Waals surface area contributed by atoms with Gasteiger partial charge in [-0.15, -0.1) is 0 Å². The van der Waals surface area contributed by atoms with Crippen LogP contribution in [0.2, 0.25) is 0 Å². The predicted molar refractivity (Wildman–Crippen MR) is 88.4 cm³/mol. The van der Waals surface area contributed by atoms with Crippen molar-refractivity contribution in [1.82, 2.24) is 0 Å². The molecular weight excluding hydrogens is 401 g/mol. The lowest BCUT2D eigenvalue weighted by molar-refractivity contribution is -0.117. The van der Waals surface area contributed by atoms with Gasteiger partial charge < -0.3 is 4.90 Å². The van der Waals surface area contributed by atoms with E-state index in [1.807, 2.05) is 24.3 Å². The van der Waals surface area contributed by atoms with E-state index in [4.69, 9.17) is 0 Å². The maximum atomic E-state index is 14.1. The molecule has 0 saturated heterocycles. The Morgan fingerprint density at radius 2 is 2.05 bits per heavy atom. The minimum Gasteiger partial charge on any atom is -0.315 e. The zero-order valence-corrected chi connectivity index (χ0v) is 14.4. The molecule has 0 aromatic heterocycles. The zero-order valence-electron chi connectivity index (χ0n) is 11.2. The topological polar surface area (TPSA) is 20.3 Å². The highest BCUT2D eigenvalue weighted by Gasteiger charge is 2.26. The molecule has 1 atom stereocenters. The van der Waals surface area contributed by atoms with Gasteiger partial charge in [0.15, 0.2) is 0 Å². The lowest BCUT2D eigenvalue weighted by Crippen LogP contribution is -2.20. The molecule has 2 nitrogen and oxygen atoms in total. The number of hydrogen-bond acceptors (Lipinski definition) is 1. The number of amides is 1. The fourth-order valence-corrected chi connectivity index (χ4v) is 4.20. The number of alkyl halides is 1. The van der Waals surface area contributed by atoms with Gasteiger partial charge in [-0.1, -0.05) is 50.1 Å². The molecule has 2 aromatic carbocycles. The van der Waals surface area contributed by atoms with Crippen LogP contribution in [0.5, 0.6) is 0 Å². The summed E-state index contributed by atoms with van der Waals surface area (Å²) in [7, 11) is 1.77. The molecule has 1 aliphatic heterocycles. The Morgan fingerprint density at radius 3 is 2.76 bits per heavy atom. The summed E-state index contributed by atoms with van der Waals surface area (Å²) in [6.45, 7) is 0. The van der Waals surface area contributed by atoms with E-state index >= 15 is 0 Å². The maximum Gasteiger partial charge on any atom is 0.231 e. The summed E-state index contributed by atoms with van der Waals surface area (Å²) >= 11 is 6.96. The van der Waals surface area contributed by atoms with Gasteiger partial charge in [0.2, 0.25) is 5.91 Å². The molecule has 0 fully saturated rings. The third-order valence-electron chi connectivity index (χ3n) is 3.73. The number of likely N-dealkylation sites (N-methyl/N-ethyl adjacent to an activating group) is 1. The van der Waals surface area contributed by atoms with Crippen molar-refractivity contribution in [2.24, 2.45) is 0 Å². The maximum absolute atomic E-state index is 14.1. The fourth-order valence-electron chi connectivity index (χ4n) is 2.57. The van der Waals surface area contributed by atoms with Crippen LogP contribution in [0.25, 0.3) is 0 Å². The third-order valence-corrected chi connectivity index (χ3v) is 5.40. The van der Waals surface area contributed by atoms with Crippen molar-refractivity contribution in [3.63, 3.8) is 0 Å². The van der Waals surface area contributed by atoms with Crippen molar-refractivity contribution in [2.75, 3.05) is 11.9 Å². The first-order valence-corrected chi connectivity index (χ1v) is 8.17. The smallest absolute Gasteiger partial charge is 0.231 e. The molecule has 1 heterocycles. The normalized spacial score (nSPS) is 15.2. The molecule has 21 heavy (non-hydrogen) atoms. The minimum absolute atomic E-state index is 0.0837. The summed E-state index contributed by atoms with van der Waals surface area (Å²) in [6, 6.07) is 10.7. The second kappa shape index (κ2) is 5.54. The lowest BCUT2D eigenvalue weighted by Gasteiger charge is -2.16. The number of halogens is 3. The molecule has 0 radical (unpaired) electrons. The van der Waals surface area contributed by atoms with Gasteiger partial charge in [0.25, 0.3) is 0 Å². The molecular formula is C16H12Br2FNO. The van der Waals surface area contributed by atoms with E-state index in [-0.39, 0.29) is 16.6 Å². The van der Waals surface area contributed by atoms with Gasteiger partial charge in [0, 0.05) is 22.8 Å². The highest BCUT2D eigenvalue weighted by atomic mass is 79.9. The molecule has 5 heteroatoms. The quantitative estimate of drug-likeness (QED) is 0.660. The lowest BCUT2D eigenvalue weighted by atomic mass is 10.0. The van der Waals surface area contributed by atoms with Crippen molar-refractivity contribution in [2.45, 2.75) is 11.2 Å². The van der Waals surface area contributed by atoms with E-state index < -0.39 is 0 Å². The Balaban J connectivity index is 2.02. The van der Waals surface area contributed by atoms with E-state index in [0.29, 0.717) is 12.0 Å². The van der Waals surface area contributed by atoms with Gasteiger partial charge in [-0.3, -0.25) is 4.79 Å². The molecule has 0 spiro atoms. The molecule has 0 N–H and O–H groups in total. The Labute approximate surface area is 139 Å². The van der Waals surface area contributed by atoms with Crippen molar-refractivity contribution in [3.05, 3.63) is 63.4 Å². The number of anilines is 1. The minimum atomic E-state index is -0.264. The summed E-state index contributed by atoms with van der Waals surface area (Å²) in [4.78, 5) is 13.1. The van der Waals surface area contributed by atoms with E-state index in [2.05, 4.69) is 31.9 Å². The van der Waals surface area contributed by atoms with Gasteiger partial charge in [-0.25, -0.2) is 4.39 Å². The van der Waals surface area contributed by atoms with Crippen LogP contribution >= 0.6 is 31.9 Å². The summed E-state index contributed by atoms with van der Waals surface area (Å²) in [5, 5.41) is 0. The number of fused-ring (bicyclic) bond motifs is 1. The van der Waals surface area contributed by atoms with Crippen molar-refractivity contribution >= 4 is 43.5 Å². The van der Waals surface area contributed by atoms with Gasteiger partial charge in [0.1, 0.15) is 5.82 Å². The van der Waals surface area contributed by atoms with Crippen LogP contribution in [0.4, 0.5) is 10.1 Å². The van der Waals surface area contributed by atoms with Gasteiger partial charge >= 0.3 is 0 Å². The first kappa shape index (κ1) is 14.7. The molecule has 108 valence electrons. The number of nitrogens with zero attached hydrogens (tertiary/aromatic N) is 1. The molecule has 0 bridgehead atoms.